The molecule has 1 aliphatic heterocycles. The fourth-order valence-corrected chi connectivity index (χ4v) is 3.26. The van der Waals surface area contributed by atoms with Gasteiger partial charge in [-0.2, -0.15) is 0 Å². The number of azide groups is 1. The van der Waals surface area contributed by atoms with E-state index in [1.807, 2.05) is 26.2 Å². The van der Waals surface area contributed by atoms with Gasteiger partial charge in [0.2, 0.25) is 5.91 Å². The third kappa shape index (κ3) is 3.25. The van der Waals surface area contributed by atoms with Gasteiger partial charge in [0.05, 0.1) is 5.56 Å². The third-order valence-electron chi connectivity index (χ3n) is 3.42. The molecule has 0 saturated carbocycles. The molecule has 1 aromatic heterocycles. The van der Waals surface area contributed by atoms with E-state index < -0.39 is 5.41 Å². The zero-order valence-corrected chi connectivity index (χ0v) is 13.2. The quantitative estimate of drug-likeness (QED) is 0.368. The van der Waals surface area contributed by atoms with Gasteiger partial charge in [-0.1, -0.05) is 25.9 Å². The Morgan fingerprint density at radius 1 is 1.57 bits per heavy atom. The van der Waals surface area contributed by atoms with Crippen LogP contribution in [0.3, 0.4) is 0 Å². The summed E-state index contributed by atoms with van der Waals surface area (Å²) < 4.78 is 0. The van der Waals surface area contributed by atoms with Gasteiger partial charge >= 0.3 is 0 Å². The Morgan fingerprint density at radius 2 is 2.29 bits per heavy atom. The van der Waals surface area contributed by atoms with Crippen molar-refractivity contribution in [3.63, 3.8) is 0 Å². The first kappa shape index (κ1) is 15.5. The molecule has 112 valence electrons. The van der Waals surface area contributed by atoms with E-state index in [1.54, 1.807) is 11.0 Å². The predicted molar refractivity (Wildman–Crippen MR) is 82.6 cm³/mol. The Kier molecular flexibility index (Phi) is 4.34. The number of carbonyl (C=O) groups excluding carboxylic acids is 2. The number of rotatable bonds is 4. The van der Waals surface area contributed by atoms with E-state index in [4.69, 9.17) is 5.53 Å². The van der Waals surface area contributed by atoms with Crippen LogP contribution in [0.15, 0.2) is 16.6 Å². The summed E-state index contributed by atoms with van der Waals surface area (Å²) in [5.74, 6) is 0.0386. The van der Waals surface area contributed by atoms with Crippen molar-refractivity contribution in [3.8, 4) is 0 Å². The first-order chi connectivity index (χ1) is 9.84. The summed E-state index contributed by atoms with van der Waals surface area (Å²) in [6, 6.07) is 1.78. The lowest BCUT2D eigenvalue weighted by Gasteiger charge is -2.20. The van der Waals surface area contributed by atoms with Crippen molar-refractivity contribution < 1.29 is 9.59 Å². The van der Waals surface area contributed by atoms with E-state index in [0.717, 1.165) is 0 Å². The number of hydrogen-bond acceptors (Lipinski definition) is 4. The standard InChI is InChI=1S/C14H18N4O2S/c1-14(2,3)12(20)10-4-5-21-13(10)18-8-9(6-11(18)19)7-16-17-15/h4-5,9H,6-8H2,1-3H3. The van der Waals surface area contributed by atoms with Crippen LogP contribution in [0, 0.1) is 11.3 Å². The highest BCUT2D eigenvalue weighted by atomic mass is 32.1. The Labute approximate surface area is 127 Å². The summed E-state index contributed by atoms with van der Waals surface area (Å²) >= 11 is 1.40. The molecule has 0 radical (unpaired) electrons. The topological polar surface area (TPSA) is 86.1 Å². The van der Waals surface area contributed by atoms with Gasteiger partial charge in [-0.05, 0) is 22.9 Å². The Morgan fingerprint density at radius 3 is 2.90 bits per heavy atom. The molecule has 1 saturated heterocycles. The number of Topliss-reactive ketones (excluding diaryl/α,β-unsaturated/α-hetero) is 1. The van der Waals surface area contributed by atoms with Gasteiger partial charge in [-0.15, -0.1) is 11.3 Å². The maximum absolute atomic E-state index is 12.5. The average Bonchev–Trinajstić information content (AvgIpc) is 3.00. The van der Waals surface area contributed by atoms with Crippen LogP contribution in [0.5, 0.6) is 0 Å². The fraction of sp³-hybridized carbons (Fsp3) is 0.571. The largest absolute Gasteiger partial charge is 0.303 e. The predicted octanol–water partition coefficient (Wildman–Crippen LogP) is 3.64. The molecule has 0 spiro atoms. The smallest absolute Gasteiger partial charge is 0.227 e. The van der Waals surface area contributed by atoms with Crippen molar-refractivity contribution in [1.29, 1.82) is 0 Å². The molecule has 2 heterocycles. The molecule has 1 atom stereocenters. The number of ketones is 1. The fourth-order valence-electron chi connectivity index (χ4n) is 2.34. The third-order valence-corrected chi connectivity index (χ3v) is 4.36. The SMILES string of the molecule is CC(C)(C)C(=O)c1ccsc1N1CC(CN=[N+]=[N-])CC1=O. The van der Waals surface area contributed by atoms with Gasteiger partial charge in [-0.3, -0.25) is 9.59 Å². The van der Waals surface area contributed by atoms with E-state index >= 15 is 0 Å². The first-order valence-electron chi connectivity index (χ1n) is 6.78. The average molecular weight is 306 g/mol. The number of nitrogens with zero attached hydrogens (tertiary/aromatic N) is 4. The van der Waals surface area contributed by atoms with Crippen molar-refractivity contribution in [3.05, 3.63) is 27.5 Å². The number of hydrogen-bond donors (Lipinski definition) is 0. The van der Waals surface area contributed by atoms with Crippen molar-refractivity contribution in [2.75, 3.05) is 18.0 Å². The molecule has 0 aliphatic carbocycles. The lowest BCUT2D eigenvalue weighted by Crippen LogP contribution is -2.28. The van der Waals surface area contributed by atoms with Crippen LogP contribution in [0.1, 0.15) is 37.6 Å². The summed E-state index contributed by atoms with van der Waals surface area (Å²) in [4.78, 5) is 29.0. The molecular weight excluding hydrogens is 288 g/mol. The molecule has 0 bridgehead atoms. The lowest BCUT2D eigenvalue weighted by molar-refractivity contribution is -0.117. The highest BCUT2D eigenvalue weighted by Crippen LogP contribution is 2.36. The molecule has 21 heavy (non-hydrogen) atoms. The first-order valence-corrected chi connectivity index (χ1v) is 7.66. The Hall–Kier alpha value is -1.85. The molecule has 1 aliphatic rings. The Bertz CT molecular complexity index is 611. The van der Waals surface area contributed by atoms with Crippen LogP contribution < -0.4 is 4.90 Å². The zero-order chi connectivity index (χ0) is 15.6. The van der Waals surface area contributed by atoms with Gasteiger partial charge in [-0.25, -0.2) is 0 Å². The Balaban J connectivity index is 2.24. The molecule has 1 amide bonds. The van der Waals surface area contributed by atoms with Crippen LogP contribution >= 0.6 is 11.3 Å². The van der Waals surface area contributed by atoms with Crippen molar-refractivity contribution in [1.82, 2.24) is 0 Å². The van der Waals surface area contributed by atoms with Gasteiger partial charge in [0, 0.05) is 29.8 Å². The summed E-state index contributed by atoms with van der Waals surface area (Å²) in [5, 5.41) is 6.09. The zero-order valence-electron chi connectivity index (χ0n) is 12.4. The normalized spacial score (nSPS) is 18.7. The van der Waals surface area contributed by atoms with Crippen LogP contribution in [-0.2, 0) is 4.79 Å². The van der Waals surface area contributed by atoms with Gasteiger partial charge in [0.1, 0.15) is 5.00 Å². The molecule has 7 heteroatoms. The molecule has 1 unspecified atom stereocenters. The molecule has 0 N–H and O–H groups in total. The minimum Gasteiger partial charge on any atom is -0.303 e. The van der Waals surface area contributed by atoms with E-state index in [9.17, 15) is 9.59 Å². The van der Waals surface area contributed by atoms with E-state index in [0.29, 0.717) is 30.1 Å². The molecule has 6 nitrogen and oxygen atoms in total. The molecule has 1 aromatic rings. The second kappa shape index (κ2) is 5.87. The van der Waals surface area contributed by atoms with Crippen molar-refractivity contribution >= 4 is 28.0 Å². The molecular formula is C14H18N4O2S. The lowest BCUT2D eigenvalue weighted by atomic mass is 9.87. The van der Waals surface area contributed by atoms with E-state index in [1.165, 1.54) is 11.3 Å². The minimum atomic E-state index is -0.483. The van der Waals surface area contributed by atoms with E-state index in [2.05, 4.69) is 10.0 Å². The maximum atomic E-state index is 12.5. The maximum Gasteiger partial charge on any atom is 0.227 e. The van der Waals surface area contributed by atoms with Gasteiger partial charge < -0.3 is 4.90 Å². The number of anilines is 1. The van der Waals surface area contributed by atoms with Crippen LogP contribution in [0.25, 0.3) is 10.4 Å². The summed E-state index contributed by atoms with van der Waals surface area (Å²) in [7, 11) is 0. The van der Waals surface area contributed by atoms with Crippen LogP contribution in [0.2, 0.25) is 0 Å². The number of amides is 1. The van der Waals surface area contributed by atoms with Crippen LogP contribution in [-0.4, -0.2) is 24.8 Å². The summed E-state index contributed by atoms with van der Waals surface area (Å²) in [6.45, 7) is 6.42. The van der Waals surface area contributed by atoms with E-state index in [-0.39, 0.29) is 17.6 Å². The number of thiophene rings is 1. The highest BCUT2D eigenvalue weighted by molar-refractivity contribution is 7.14. The monoisotopic (exact) mass is 306 g/mol. The van der Waals surface area contributed by atoms with Gasteiger partial charge in [0.15, 0.2) is 5.78 Å². The second-order valence-electron chi connectivity index (χ2n) is 6.21. The van der Waals surface area contributed by atoms with Crippen LogP contribution in [0.4, 0.5) is 5.00 Å². The summed E-state index contributed by atoms with van der Waals surface area (Å²) in [6.07, 6.45) is 0.361. The van der Waals surface area contributed by atoms with Crippen molar-refractivity contribution in [2.45, 2.75) is 27.2 Å². The minimum absolute atomic E-state index is 0.0152. The summed E-state index contributed by atoms with van der Waals surface area (Å²) in [5.41, 5.74) is 8.49. The number of carbonyl (C=O) groups is 2. The molecule has 0 aromatic carbocycles. The molecule has 2 rings (SSSR count). The highest BCUT2D eigenvalue weighted by Gasteiger charge is 2.35. The van der Waals surface area contributed by atoms with Gasteiger partial charge in [0.25, 0.3) is 0 Å². The molecule has 1 fully saturated rings. The second-order valence-corrected chi connectivity index (χ2v) is 7.10. The van der Waals surface area contributed by atoms with Crippen molar-refractivity contribution in [2.24, 2.45) is 16.4 Å².